The van der Waals surface area contributed by atoms with Crippen LogP contribution in [0.15, 0.2) is 30.5 Å². The second-order valence-corrected chi connectivity index (χ2v) is 4.36. The first kappa shape index (κ1) is 15.3. The molecule has 1 N–H and O–H groups in total. The summed E-state index contributed by atoms with van der Waals surface area (Å²) in [5.74, 6) is -1.04. The number of amides is 1. The Kier molecular flexibility index (Phi) is 4.19. The minimum Gasteiger partial charge on any atom is -0.277 e. The number of halogens is 4. The Morgan fingerprint density at radius 1 is 1.33 bits per heavy atom. The molecule has 0 aliphatic heterocycles. The van der Waals surface area contributed by atoms with Crippen LogP contribution in [0.25, 0.3) is 5.69 Å². The third-order valence-corrected chi connectivity index (χ3v) is 2.80. The molecule has 2 rings (SSSR count). The third kappa shape index (κ3) is 3.17. The van der Waals surface area contributed by atoms with E-state index in [-0.39, 0.29) is 5.69 Å². The van der Waals surface area contributed by atoms with E-state index in [1.807, 2.05) is 5.48 Å². The Bertz CT molecular complexity index is 653. The lowest BCUT2D eigenvalue weighted by molar-refractivity contribution is -0.143. The first-order valence-electron chi connectivity index (χ1n) is 5.59. The number of alkyl halides is 3. The summed E-state index contributed by atoms with van der Waals surface area (Å²) in [6.45, 7) is 0. The average molecular weight is 320 g/mol. The molecule has 9 heteroatoms. The minimum absolute atomic E-state index is 0.128. The van der Waals surface area contributed by atoms with Crippen molar-refractivity contribution < 1.29 is 22.8 Å². The van der Waals surface area contributed by atoms with E-state index in [4.69, 9.17) is 11.6 Å². The zero-order valence-electron chi connectivity index (χ0n) is 10.6. The predicted molar refractivity (Wildman–Crippen MR) is 68.1 cm³/mol. The number of carbonyl (C=O) groups excluding carboxylic acids is 1. The van der Waals surface area contributed by atoms with E-state index >= 15 is 0 Å². The van der Waals surface area contributed by atoms with Crippen molar-refractivity contribution in [2.24, 2.45) is 0 Å². The highest BCUT2D eigenvalue weighted by atomic mass is 35.5. The molecule has 1 amide bonds. The van der Waals surface area contributed by atoms with Gasteiger partial charge in [-0.25, -0.2) is 10.2 Å². The molecule has 21 heavy (non-hydrogen) atoms. The monoisotopic (exact) mass is 319 g/mol. The Hall–Kier alpha value is -2.06. The van der Waals surface area contributed by atoms with Crippen LogP contribution >= 0.6 is 11.6 Å². The van der Waals surface area contributed by atoms with Crippen LogP contribution < -0.4 is 5.48 Å². The summed E-state index contributed by atoms with van der Waals surface area (Å²) in [7, 11) is 1.12. The normalized spacial score (nSPS) is 11.5. The van der Waals surface area contributed by atoms with Crippen LogP contribution in [0.3, 0.4) is 0 Å². The maximum atomic E-state index is 13.2. The van der Waals surface area contributed by atoms with E-state index in [2.05, 4.69) is 9.94 Å². The molecule has 0 saturated carbocycles. The fraction of sp³-hybridized carbons (Fsp3) is 0.167. The van der Waals surface area contributed by atoms with Gasteiger partial charge in [-0.05, 0) is 24.3 Å². The van der Waals surface area contributed by atoms with Crippen molar-refractivity contribution in [3.63, 3.8) is 0 Å². The Balaban J connectivity index is 2.57. The van der Waals surface area contributed by atoms with Crippen LogP contribution in [-0.2, 0) is 11.0 Å². The second kappa shape index (κ2) is 5.74. The van der Waals surface area contributed by atoms with Gasteiger partial charge in [0, 0.05) is 5.02 Å². The molecule has 0 fully saturated rings. The van der Waals surface area contributed by atoms with E-state index in [1.165, 1.54) is 24.3 Å². The van der Waals surface area contributed by atoms with Gasteiger partial charge in [0.2, 0.25) is 0 Å². The largest absolute Gasteiger partial charge is 0.434 e. The zero-order chi connectivity index (χ0) is 15.6. The highest BCUT2D eigenvalue weighted by Crippen LogP contribution is 2.33. The number of carbonyl (C=O) groups is 1. The smallest absolute Gasteiger partial charge is 0.277 e. The maximum Gasteiger partial charge on any atom is 0.434 e. The van der Waals surface area contributed by atoms with Crippen LogP contribution in [0.1, 0.15) is 16.1 Å². The summed E-state index contributed by atoms with van der Waals surface area (Å²) in [6, 6.07) is 5.58. The van der Waals surface area contributed by atoms with Gasteiger partial charge < -0.3 is 0 Å². The van der Waals surface area contributed by atoms with E-state index in [0.29, 0.717) is 9.70 Å². The van der Waals surface area contributed by atoms with E-state index < -0.39 is 23.3 Å². The lowest BCUT2D eigenvalue weighted by Gasteiger charge is -2.12. The molecule has 0 aliphatic carbocycles. The standard InChI is InChI=1S/C12H9ClF3N3O2/c1-21-18-11(20)9-6-17-19(10(9)12(14,15)16)8-4-2-7(13)3-5-8/h2-6H,1H3,(H,18,20). The molecule has 112 valence electrons. The lowest BCUT2D eigenvalue weighted by atomic mass is 10.2. The molecule has 0 atom stereocenters. The maximum absolute atomic E-state index is 13.2. The van der Waals surface area contributed by atoms with Crippen molar-refractivity contribution in [3.8, 4) is 5.69 Å². The first-order valence-corrected chi connectivity index (χ1v) is 5.97. The molecular formula is C12H9ClF3N3O2. The summed E-state index contributed by atoms with van der Waals surface area (Å²) >= 11 is 5.69. The number of hydrogen-bond donors (Lipinski definition) is 1. The highest BCUT2D eigenvalue weighted by molar-refractivity contribution is 6.30. The number of aromatic nitrogens is 2. The van der Waals surface area contributed by atoms with Crippen molar-refractivity contribution in [2.45, 2.75) is 6.18 Å². The van der Waals surface area contributed by atoms with Gasteiger partial charge in [0.1, 0.15) is 0 Å². The van der Waals surface area contributed by atoms with Gasteiger partial charge in [0.25, 0.3) is 5.91 Å². The second-order valence-electron chi connectivity index (χ2n) is 3.93. The van der Waals surface area contributed by atoms with Crippen LogP contribution in [0, 0.1) is 0 Å². The zero-order valence-corrected chi connectivity index (χ0v) is 11.4. The molecule has 0 bridgehead atoms. The predicted octanol–water partition coefficient (Wildman–Crippen LogP) is 2.84. The summed E-state index contributed by atoms with van der Waals surface area (Å²) < 4.78 is 40.2. The molecule has 5 nitrogen and oxygen atoms in total. The molecule has 0 aliphatic rings. The SMILES string of the molecule is CONC(=O)c1cnn(-c2ccc(Cl)cc2)c1C(F)(F)F. The van der Waals surface area contributed by atoms with E-state index in [1.54, 1.807) is 0 Å². The van der Waals surface area contributed by atoms with Gasteiger partial charge in [-0.1, -0.05) is 11.6 Å². The molecule has 2 aromatic rings. The van der Waals surface area contributed by atoms with Crippen LogP contribution in [0.4, 0.5) is 13.2 Å². The Morgan fingerprint density at radius 3 is 2.48 bits per heavy atom. The molecule has 1 aromatic heterocycles. The van der Waals surface area contributed by atoms with Crippen molar-refractivity contribution in [3.05, 3.63) is 46.7 Å². The van der Waals surface area contributed by atoms with Gasteiger partial charge in [-0.2, -0.15) is 18.3 Å². The number of hydrogen-bond acceptors (Lipinski definition) is 3. The number of nitrogens with zero attached hydrogens (tertiary/aromatic N) is 2. The van der Waals surface area contributed by atoms with Crippen LogP contribution in [-0.4, -0.2) is 22.8 Å². The van der Waals surface area contributed by atoms with Crippen molar-refractivity contribution in [1.82, 2.24) is 15.3 Å². The molecular weight excluding hydrogens is 311 g/mol. The Labute approximate surface area is 122 Å². The summed E-state index contributed by atoms with van der Waals surface area (Å²) in [6.07, 6.45) is -3.94. The Morgan fingerprint density at radius 2 is 1.95 bits per heavy atom. The van der Waals surface area contributed by atoms with Crippen molar-refractivity contribution in [2.75, 3.05) is 7.11 Å². The van der Waals surface area contributed by atoms with Gasteiger partial charge >= 0.3 is 6.18 Å². The average Bonchev–Trinajstić information content (AvgIpc) is 2.84. The first-order chi connectivity index (χ1) is 9.84. The molecule has 1 heterocycles. The number of rotatable bonds is 3. The van der Waals surface area contributed by atoms with Crippen LogP contribution in [0.5, 0.6) is 0 Å². The fourth-order valence-corrected chi connectivity index (χ4v) is 1.84. The number of nitrogens with one attached hydrogen (secondary N) is 1. The number of hydroxylamine groups is 1. The minimum atomic E-state index is -4.77. The van der Waals surface area contributed by atoms with E-state index in [9.17, 15) is 18.0 Å². The van der Waals surface area contributed by atoms with Gasteiger partial charge in [0.15, 0.2) is 5.69 Å². The summed E-state index contributed by atoms with van der Waals surface area (Å²) in [5, 5.41) is 4.00. The molecule has 0 spiro atoms. The topological polar surface area (TPSA) is 56.1 Å². The lowest BCUT2D eigenvalue weighted by Crippen LogP contribution is -2.25. The van der Waals surface area contributed by atoms with Crippen molar-refractivity contribution >= 4 is 17.5 Å². The molecule has 0 unspecified atom stereocenters. The summed E-state index contributed by atoms with van der Waals surface area (Å²) in [4.78, 5) is 15.9. The van der Waals surface area contributed by atoms with Gasteiger partial charge in [-0.3, -0.25) is 9.63 Å². The molecule has 0 saturated heterocycles. The molecule has 0 radical (unpaired) electrons. The highest BCUT2D eigenvalue weighted by Gasteiger charge is 2.40. The third-order valence-electron chi connectivity index (χ3n) is 2.55. The summed E-state index contributed by atoms with van der Waals surface area (Å²) in [5.41, 5.74) is 0.128. The van der Waals surface area contributed by atoms with Crippen molar-refractivity contribution in [1.29, 1.82) is 0 Å². The number of benzene rings is 1. The fourth-order valence-electron chi connectivity index (χ4n) is 1.71. The quantitative estimate of drug-likeness (QED) is 0.885. The van der Waals surface area contributed by atoms with Crippen LogP contribution in [0.2, 0.25) is 5.02 Å². The van der Waals surface area contributed by atoms with E-state index in [0.717, 1.165) is 13.3 Å². The van der Waals surface area contributed by atoms with Gasteiger partial charge in [0.05, 0.1) is 24.6 Å². The van der Waals surface area contributed by atoms with Gasteiger partial charge in [-0.15, -0.1) is 0 Å². The molecule has 1 aromatic carbocycles.